The maximum Gasteiger partial charge on any atom is 0.312 e. The topological polar surface area (TPSA) is 116 Å². The number of hydrazine groups is 1. The van der Waals surface area contributed by atoms with Crippen LogP contribution in [0, 0.1) is 15.9 Å². The molecule has 1 heterocycles. The van der Waals surface area contributed by atoms with E-state index in [2.05, 4.69) is 31.3 Å². The van der Waals surface area contributed by atoms with E-state index in [1.54, 1.807) is 0 Å². The first-order valence-electron chi connectivity index (χ1n) is 5.23. The van der Waals surface area contributed by atoms with Crippen LogP contribution in [0.5, 0.6) is 11.6 Å². The molecule has 0 aliphatic carbocycles. The Morgan fingerprint density at radius 3 is 2.86 bits per heavy atom. The van der Waals surface area contributed by atoms with Crippen molar-refractivity contribution in [1.82, 2.24) is 9.97 Å². The Bertz CT molecular complexity index is 717. The highest BCUT2D eigenvalue weighted by atomic mass is 79.9. The van der Waals surface area contributed by atoms with Gasteiger partial charge in [0.05, 0.1) is 15.6 Å². The number of nitrogens with zero attached hydrogens (tertiary/aromatic N) is 3. The summed E-state index contributed by atoms with van der Waals surface area (Å²) in [7, 11) is 0. The van der Waals surface area contributed by atoms with Gasteiger partial charge in [0.25, 0.3) is 0 Å². The average molecular weight is 379 g/mol. The Labute approximate surface area is 130 Å². The molecule has 0 radical (unpaired) electrons. The summed E-state index contributed by atoms with van der Waals surface area (Å²) < 4.78 is 18.7. The number of nitrogens with one attached hydrogen (secondary N) is 1. The molecule has 0 fully saturated rings. The van der Waals surface area contributed by atoms with E-state index in [0.717, 1.165) is 12.1 Å². The fourth-order valence-electron chi connectivity index (χ4n) is 1.34. The zero-order valence-corrected chi connectivity index (χ0v) is 12.4. The zero-order valence-electron chi connectivity index (χ0n) is 10.0. The van der Waals surface area contributed by atoms with E-state index in [9.17, 15) is 14.5 Å². The number of hydrogen-bond acceptors (Lipinski definition) is 7. The Hall–Kier alpha value is -2.04. The van der Waals surface area contributed by atoms with Crippen LogP contribution >= 0.6 is 27.5 Å². The van der Waals surface area contributed by atoms with Crippen molar-refractivity contribution in [3.05, 3.63) is 43.8 Å². The molecule has 0 aliphatic heterocycles. The van der Waals surface area contributed by atoms with Gasteiger partial charge in [0.1, 0.15) is 10.8 Å². The van der Waals surface area contributed by atoms with Crippen molar-refractivity contribution in [2.45, 2.75) is 0 Å². The van der Waals surface area contributed by atoms with E-state index in [1.807, 2.05) is 0 Å². The lowest BCUT2D eigenvalue weighted by Crippen LogP contribution is -2.10. The molecule has 110 valence electrons. The number of hydrogen-bond donors (Lipinski definition) is 2. The van der Waals surface area contributed by atoms with E-state index in [-0.39, 0.29) is 27.1 Å². The number of nitro groups is 1. The predicted octanol–water partition coefficient (Wildman–Crippen LogP) is 3.02. The summed E-state index contributed by atoms with van der Waals surface area (Å²) in [6.07, 6.45) is 1.18. The number of rotatable bonds is 4. The lowest BCUT2D eigenvalue weighted by Gasteiger charge is -2.08. The van der Waals surface area contributed by atoms with Gasteiger partial charge in [0, 0.05) is 12.1 Å². The number of nitro benzene ring substituents is 1. The third kappa shape index (κ3) is 3.35. The summed E-state index contributed by atoms with van der Waals surface area (Å²) in [5.41, 5.74) is 1.70. The number of halogens is 3. The summed E-state index contributed by atoms with van der Waals surface area (Å²) in [5.74, 6) is 3.82. The first-order valence-corrected chi connectivity index (χ1v) is 6.40. The van der Waals surface area contributed by atoms with E-state index in [0.29, 0.717) is 0 Å². The van der Waals surface area contributed by atoms with E-state index < -0.39 is 16.4 Å². The Morgan fingerprint density at radius 2 is 2.24 bits per heavy atom. The van der Waals surface area contributed by atoms with Gasteiger partial charge in [0.2, 0.25) is 17.6 Å². The molecule has 8 nitrogen and oxygen atoms in total. The number of aromatic nitrogens is 2. The summed E-state index contributed by atoms with van der Waals surface area (Å²) in [6.45, 7) is 0. The van der Waals surface area contributed by atoms with Crippen molar-refractivity contribution in [2.24, 2.45) is 5.84 Å². The molecule has 3 N–H and O–H groups in total. The maximum absolute atomic E-state index is 13.5. The van der Waals surface area contributed by atoms with Crippen molar-refractivity contribution in [3.63, 3.8) is 0 Å². The van der Waals surface area contributed by atoms with Gasteiger partial charge in [-0.05, 0) is 15.9 Å². The van der Waals surface area contributed by atoms with Crippen molar-refractivity contribution in [1.29, 1.82) is 0 Å². The largest absolute Gasteiger partial charge is 0.430 e. The highest BCUT2D eigenvalue weighted by molar-refractivity contribution is 9.10. The SMILES string of the molecule is NNc1ncc(Cl)c(Oc2cc(F)c(Br)cc2[N+](=O)[O-])n1. The Kier molecular flexibility index (Phi) is 4.50. The molecule has 1 aromatic carbocycles. The van der Waals surface area contributed by atoms with E-state index in [1.165, 1.54) is 6.20 Å². The van der Waals surface area contributed by atoms with Gasteiger partial charge in [0.15, 0.2) is 0 Å². The lowest BCUT2D eigenvalue weighted by atomic mass is 10.3. The molecule has 0 saturated carbocycles. The molecule has 2 aromatic rings. The van der Waals surface area contributed by atoms with Gasteiger partial charge in [-0.2, -0.15) is 4.98 Å². The monoisotopic (exact) mass is 377 g/mol. The zero-order chi connectivity index (χ0) is 15.6. The normalized spacial score (nSPS) is 10.3. The fraction of sp³-hybridized carbons (Fsp3) is 0. The van der Waals surface area contributed by atoms with Gasteiger partial charge < -0.3 is 4.74 Å². The van der Waals surface area contributed by atoms with Gasteiger partial charge in [-0.25, -0.2) is 15.2 Å². The second-order valence-electron chi connectivity index (χ2n) is 3.58. The van der Waals surface area contributed by atoms with Gasteiger partial charge >= 0.3 is 5.69 Å². The van der Waals surface area contributed by atoms with Crippen LogP contribution in [0.3, 0.4) is 0 Å². The molecular formula is C10H6BrClFN5O3. The minimum atomic E-state index is -0.738. The highest BCUT2D eigenvalue weighted by Gasteiger charge is 2.21. The molecule has 0 bridgehead atoms. The second kappa shape index (κ2) is 6.16. The number of ether oxygens (including phenoxy) is 1. The minimum absolute atomic E-state index is 0.0189. The van der Waals surface area contributed by atoms with Crippen LogP contribution in [-0.2, 0) is 0 Å². The van der Waals surface area contributed by atoms with Crippen LogP contribution < -0.4 is 16.0 Å². The summed E-state index contributed by atoms with van der Waals surface area (Å²) in [4.78, 5) is 17.7. The van der Waals surface area contributed by atoms with Crippen LogP contribution in [0.15, 0.2) is 22.8 Å². The third-order valence-electron chi connectivity index (χ3n) is 2.25. The molecule has 1 aromatic heterocycles. The van der Waals surface area contributed by atoms with Crippen LogP contribution in [-0.4, -0.2) is 14.9 Å². The van der Waals surface area contributed by atoms with Crippen LogP contribution in [0.2, 0.25) is 5.02 Å². The molecule has 0 atom stereocenters. The van der Waals surface area contributed by atoms with Crippen LogP contribution in [0.1, 0.15) is 0 Å². The number of nitrogen functional groups attached to an aromatic ring is 1. The standard InChI is InChI=1S/C10H6BrClFN5O3/c11-4-1-7(18(19)20)8(2-6(4)13)21-9-5(12)3-15-10(16-9)17-14/h1-3H,14H2,(H,15,16,17). The Balaban J connectivity index is 2.48. The summed E-state index contributed by atoms with van der Waals surface area (Å²) in [6, 6.07) is 1.82. The molecule has 11 heteroatoms. The molecule has 0 amide bonds. The van der Waals surface area contributed by atoms with Gasteiger partial charge in [-0.3, -0.25) is 15.5 Å². The molecule has 0 spiro atoms. The molecular weight excluding hydrogens is 372 g/mol. The van der Waals surface area contributed by atoms with Crippen molar-refractivity contribution < 1.29 is 14.1 Å². The fourth-order valence-corrected chi connectivity index (χ4v) is 1.80. The quantitative estimate of drug-likeness (QED) is 0.477. The highest BCUT2D eigenvalue weighted by Crippen LogP contribution is 2.36. The number of nitrogens with two attached hydrogens (primary N) is 1. The average Bonchev–Trinajstić information content (AvgIpc) is 2.44. The lowest BCUT2D eigenvalue weighted by molar-refractivity contribution is -0.385. The maximum atomic E-state index is 13.5. The number of anilines is 1. The predicted molar refractivity (Wildman–Crippen MR) is 75.7 cm³/mol. The molecule has 0 saturated heterocycles. The molecule has 21 heavy (non-hydrogen) atoms. The second-order valence-corrected chi connectivity index (χ2v) is 4.85. The smallest absolute Gasteiger partial charge is 0.312 e. The van der Waals surface area contributed by atoms with Crippen molar-refractivity contribution in [3.8, 4) is 11.6 Å². The molecule has 0 aliphatic rings. The molecule has 0 unspecified atom stereocenters. The first-order chi connectivity index (χ1) is 9.92. The molecule has 2 rings (SSSR count). The summed E-state index contributed by atoms with van der Waals surface area (Å²) in [5, 5.41) is 10.9. The van der Waals surface area contributed by atoms with E-state index >= 15 is 0 Å². The van der Waals surface area contributed by atoms with Gasteiger partial charge in [-0.15, -0.1) is 0 Å². The van der Waals surface area contributed by atoms with Gasteiger partial charge in [-0.1, -0.05) is 11.6 Å². The minimum Gasteiger partial charge on any atom is -0.430 e. The third-order valence-corrected chi connectivity index (χ3v) is 3.11. The van der Waals surface area contributed by atoms with Crippen molar-refractivity contribution in [2.75, 3.05) is 5.43 Å². The van der Waals surface area contributed by atoms with E-state index in [4.69, 9.17) is 22.2 Å². The Morgan fingerprint density at radius 1 is 1.52 bits per heavy atom. The van der Waals surface area contributed by atoms with Crippen LogP contribution in [0.4, 0.5) is 16.0 Å². The van der Waals surface area contributed by atoms with Crippen molar-refractivity contribution >= 4 is 39.2 Å². The first kappa shape index (κ1) is 15.4. The summed E-state index contributed by atoms with van der Waals surface area (Å²) >= 11 is 8.67. The number of benzene rings is 1. The van der Waals surface area contributed by atoms with Crippen LogP contribution in [0.25, 0.3) is 0 Å².